The van der Waals surface area contributed by atoms with E-state index >= 15 is 0 Å². The number of anilines is 1. The van der Waals surface area contributed by atoms with Gasteiger partial charge in [0.05, 0.1) is 0 Å². The summed E-state index contributed by atoms with van der Waals surface area (Å²) in [6.07, 6.45) is 1.26. The van der Waals surface area contributed by atoms with Crippen LogP contribution in [0.25, 0.3) is 0 Å². The molecule has 0 aliphatic rings. The Labute approximate surface area is 122 Å². The fraction of sp³-hybridized carbons (Fsp3) is 0.188. The van der Waals surface area contributed by atoms with Crippen LogP contribution in [-0.2, 0) is 11.2 Å². The van der Waals surface area contributed by atoms with Gasteiger partial charge in [-0.15, -0.1) is 0 Å². The number of hydrogen-bond donors (Lipinski definition) is 1. The van der Waals surface area contributed by atoms with E-state index in [1.54, 1.807) is 0 Å². The van der Waals surface area contributed by atoms with Crippen molar-refractivity contribution in [3.8, 4) is 0 Å². The van der Waals surface area contributed by atoms with Gasteiger partial charge in [-0.3, -0.25) is 4.79 Å². The minimum Gasteiger partial charge on any atom is -0.326 e. The van der Waals surface area contributed by atoms with Crippen molar-refractivity contribution in [1.82, 2.24) is 0 Å². The summed E-state index contributed by atoms with van der Waals surface area (Å²) < 4.78 is 1.01. The fourth-order valence-electron chi connectivity index (χ4n) is 1.80. The summed E-state index contributed by atoms with van der Waals surface area (Å²) >= 11 is 3.46. The Morgan fingerprint density at radius 1 is 1.16 bits per heavy atom. The van der Waals surface area contributed by atoms with Crippen molar-refractivity contribution in [3.05, 3.63) is 64.1 Å². The van der Waals surface area contributed by atoms with E-state index in [2.05, 4.69) is 21.2 Å². The topological polar surface area (TPSA) is 29.1 Å². The van der Waals surface area contributed by atoms with Gasteiger partial charge >= 0.3 is 0 Å². The number of amides is 1. The first-order valence-electron chi connectivity index (χ1n) is 6.25. The minimum atomic E-state index is 0.0413. The van der Waals surface area contributed by atoms with Gasteiger partial charge in [0.1, 0.15) is 0 Å². The van der Waals surface area contributed by atoms with Crippen molar-refractivity contribution in [1.29, 1.82) is 0 Å². The Morgan fingerprint density at radius 3 is 2.58 bits per heavy atom. The predicted octanol–water partition coefficient (Wildman–Crippen LogP) is 4.33. The molecule has 2 rings (SSSR count). The number of aryl methyl sites for hydroxylation is 2. The van der Waals surface area contributed by atoms with Crippen LogP contribution in [0.15, 0.2) is 53.0 Å². The molecule has 3 heteroatoms. The van der Waals surface area contributed by atoms with E-state index in [9.17, 15) is 4.79 Å². The lowest BCUT2D eigenvalue weighted by atomic mass is 10.1. The van der Waals surface area contributed by atoms with Gasteiger partial charge < -0.3 is 5.32 Å². The molecule has 0 unspecified atom stereocenters. The predicted molar refractivity (Wildman–Crippen MR) is 82.3 cm³/mol. The molecule has 0 fully saturated rings. The van der Waals surface area contributed by atoms with Crippen LogP contribution in [0, 0.1) is 6.92 Å². The summed E-state index contributed by atoms with van der Waals surface area (Å²) in [5.74, 6) is 0.0413. The fourth-order valence-corrected chi connectivity index (χ4v) is 2.18. The number of halogens is 1. The van der Waals surface area contributed by atoms with Gasteiger partial charge in [0.25, 0.3) is 0 Å². The number of hydrogen-bond acceptors (Lipinski definition) is 1. The summed E-state index contributed by atoms with van der Waals surface area (Å²) in [6, 6.07) is 15.9. The van der Waals surface area contributed by atoms with E-state index < -0.39 is 0 Å². The first-order chi connectivity index (χ1) is 9.15. The van der Waals surface area contributed by atoms with Gasteiger partial charge in [0.2, 0.25) is 5.91 Å². The molecule has 2 aromatic carbocycles. The third kappa shape index (κ3) is 4.21. The number of carbonyl (C=O) groups is 1. The Kier molecular flexibility index (Phi) is 4.74. The maximum absolute atomic E-state index is 11.9. The van der Waals surface area contributed by atoms with Gasteiger partial charge in [-0.1, -0.05) is 52.3 Å². The molecule has 2 nitrogen and oxygen atoms in total. The molecule has 0 saturated carbocycles. The van der Waals surface area contributed by atoms with Crippen LogP contribution in [0.1, 0.15) is 17.5 Å². The average Bonchev–Trinajstić information content (AvgIpc) is 2.42. The second-order valence-electron chi connectivity index (χ2n) is 4.50. The monoisotopic (exact) mass is 317 g/mol. The largest absolute Gasteiger partial charge is 0.326 e. The molecular weight excluding hydrogens is 302 g/mol. The molecule has 2 aromatic rings. The van der Waals surface area contributed by atoms with Crippen LogP contribution in [0.2, 0.25) is 0 Å². The third-order valence-corrected chi connectivity index (χ3v) is 3.79. The van der Waals surface area contributed by atoms with Crippen molar-refractivity contribution in [2.45, 2.75) is 19.8 Å². The van der Waals surface area contributed by atoms with Gasteiger partial charge in [0.15, 0.2) is 0 Å². The van der Waals surface area contributed by atoms with Crippen molar-refractivity contribution in [2.24, 2.45) is 0 Å². The van der Waals surface area contributed by atoms with Gasteiger partial charge in [0, 0.05) is 16.6 Å². The molecule has 0 aromatic heterocycles. The molecule has 0 spiro atoms. The molecule has 0 aliphatic carbocycles. The number of carbonyl (C=O) groups excluding carboxylic acids is 1. The molecule has 0 radical (unpaired) electrons. The van der Waals surface area contributed by atoms with Crippen LogP contribution >= 0.6 is 15.9 Å². The van der Waals surface area contributed by atoms with Crippen LogP contribution in [-0.4, -0.2) is 5.91 Å². The molecular formula is C16H16BrNO. The lowest BCUT2D eigenvalue weighted by Gasteiger charge is -2.07. The molecule has 19 heavy (non-hydrogen) atoms. The van der Waals surface area contributed by atoms with Crippen LogP contribution in [0.4, 0.5) is 5.69 Å². The Morgan fingerprint density at radius 2 is 1.89 bits per heavy atom. The Bertz CT molecular complexity index is 566. The number of benzene rings is 2. The normalized spacial score (nSPS) is 10.2. The van der Waals surface area contributed by atoms with Gasteiger partial charge in [-0.05, 0) is 36.6 Å². The number of nitrogens with one attached hydrogen (secondary N) is 1. The van der Waals surface area contributed by atoms with Crippen LogP contribution < -0.4 is 5.32 Å². The molecule has 1 N–H and O–H groups in total. The molecule has 0 heterocycles. The smallest absolute Gasteiger partial charge is 0.224 e. The maximum Gasteiger partial charge on any atom is 0.224 e. The zero-order valence-electron chi connectivity index (χ0n) is 10.8. The summed E-state index contributed by atoms with van der Waals surface area (Å²) in [6.45, 7) is 2.02. The zero-order valence-corrected chi connectivity index (χ0v) is 12.4. The summed E-state index contributed by atoms with van der Waals surface area (Å²) in [5.41, 5.74) is 3.17. The van der Waals surface area contributed by atoms with Crippen LogP contribution in [0.3, 0.4) is 0 Å². The summed E-state index contributed by atoms with van der Waals surface area (Å²) in [4.78, 5) is 11.9. The highest BCUT2D eigenvalue weighted by Gasteiger charge is 2.04. The standard InChI is InChI=1S/C16H16BrNO/c1-12-7-9-14(11-15(12)17)18-16(19)10-8-13-5-3-2-4-6-13/h2-7,9,11H,8,10H2,1H3,(H,18,19). The highest BCUT2D eigenvalue weighted by atomic mass is 79.9. The van der Waals surface area contributed by atoms with Crippen LogP contribution in [0.5, 0.6) is 0 Å². The van der Waals surface area contributed by atoms with Gasteiger partial charge in [-0.2, -0.15) is 0 Å². The van der Waals surface area contributed by atoms with E-state index in [4.69, 9.17) is 0 Å². The number of rotatable bonds is 4. The molecule has 1 amide bonds. The molecule has 0 atom stereocenters. The Hall–Kier alpha value is -1.61. The second-order valence-corrected chi connectivity index (χ2v) is 5.35. The SMILES string of the molecule is Cc1ccc(NC(=O)CCc2ccccc2)cc1Br. The van der Waals surface area contributed by atoms with E-state index in [-0.39, 0.29) is 5.91 Å². The molecule has 0 saturated heterocycles. The second kappa shape index (κ2) is 6.53. The summed E-state index contributed by atoms with van der Waals surface area (Å²) in [5, 5.41) is 2.91. The zero-order chi connectivity index (χ0) is 13.7. The molecule has 0 aliphatic heterocycles. The highest BCUT2D eigenvalue weighted by Crippen LogP contribution is 2.20. The van der Waals surface area contributed by atoms with E-state index in [0.717, 1.165) is 22.1 Å². The van der Waals surface area contributed by atoms with E-state index in [0.29, 0.717) is 6.42 Å². The quantitative estimate of drug-likeness (QED) is 0.893. The van der Waals surface area contributed by atoms with Crippen molar-refractivity contribution in [3.63, 3.8) is 0 Å². The third-order valence-electron chi connectivity index (χ3n) is 2.94. The van der Waals surface area contributed by atoms with E-state index in [1.807, 2.05) is 55.5 Å². The lowest BCUT2D eigenvalue weighted by Crippen LogP contribution is -2.12. The van der Waals surface area contributed by atoms with Crippen molar-refractivity contribution < 1.29 is 4.79 Å². The highest BCUT2D eigenvalue weighted by molar-refractivity contribution is 9.10. The molecule has 98 valence electrons. The van der Waals surface area contributed by atoms with Crippen molar-refractivity contribution >= 4 is 27.5 Å². The first kappa shape index (κ1) is 13.8. The van der Waals surface area contributed by atoms with E-state index in [1.165, 1.54) is 5.56 Å². The summed E-state index contributed by atoms with van der Waals surface area (Å²) in [7, 11) is 0. The Balaban J connectivity index is 1.89. The minimum absolute atomic E-state index is 0.0413. The molecule has 0 bridgehead atoms. The first-order valence-corrected chi connectivity index (χ1v) is 7.04. The van der Waals surface area contributed by atoms with Gasteiger partial charge in [-0.25, -0.2) is 0 Å². The average molecular weight is 318 g/mol. The lowest BCUT2D eigenvalue weighted by molar-refractivity contribution is -0.116. The van der Waals surface area contributed by atoms with Crippen molar-refractivity contribution in [2.75, 3.05) is 5.32 Å². The maximum atomic E-state index is 11.9.